The Balaban J connectivity index is 2.66. The minimum absolute atomic E-state index is 0.271. The van der Waals surface area contributed by atoms with Crippen molar-refractivity contribution >= 4 is 10.0 Å². The summed E-state index contributed by atoms with van der Waals surface area (Å²) in [5.74, 6) is 0. The molecule has 1 aliphatic rings. The second-order valence-electron chi connectivity index (χ2n) is 6.09. The third-order valence-corrected chi connectivity index (χ3v) is 5.07. The van der Waals surface area contributed by atoms with Crippen LogP contribution in [0.25, 0.3) is 0 Å². The van der Waals surface area contributed by atoms with Crippen LogP contribution in [-0.2, 0) is 10.0 Å². The zero-order valence-electron chi connectivity index (χ0n) is 11.5. The number of hydrogen-bond acceptors (Lipinski definition) is 2. The normalized spacial score (nSPS) is 25.1. The molecular formula is C13H27NO2S. The molecule has 1 rings (SSSR count). The first-order chi connectivity index (χ1) is 7.81. The van der Waals surface area contributed by atoms with Crippen LogP contribution in [0.5, 0.6) is 0 Å². The van der Waals surface area contributed by atoms with Gasteiger partial charge in [0.1, 0.15) is 0 Å². The summed E-state index contributed by atoms with van der Waals surface area (Å²) in [4.78, 5) is 0. The van der Waals surface area contributed by atoms with E-state index in [1.807, 2.05) is 0 Å². The highest BCUT2D eigenvalue weighted by atomic mass is 32.2. The van der Waals surface area contributed by atoms with Gasteiger partial charge in [0.25, 0.3) is 0 Å². The fourth-order valence-electron chi connectivity index (χ4n) is 2.42. The summed E-state index contributed by atoms with van der Waals surface area (Å²) in [6.45, 7) is 5.90. The van der Waals surface area contributed by atoms with Gasteiger partial charge in [-0.2, -0.15) is 0 Å². The van der Waals surface area contributed by atoms with E-state index >= 15 is 0 Å². The first-order valence-corrected chi connectivity index (χ1v) is 8.61. The molecule has 0 aromatic heterocycles. The summed E-state index contributed by atoms with van der Waals surface area (Å²) in [7, 11) is -3.02. The summed E-state index contributed by atoms with van der Waals surface area (Å²) in [6.07, 6.45) is 9.51. The molecular weight excluding hydrogens is 234 g/mol. The summed E-state index contributed by atoms with van der Waals surface area (Å²) in [6, 6.07) is 0. The van der Waals surface area contributed by atoms with Gasteiger partial charge >= 0.3 is 0 Å². The van der Waals surface area contributed by atoms with Gasteiger partial charge in [-0.25, -0.2) is 12.7 Å². The maximum Gasteiger partial charge on any atom is 0.211 e. The van der Waals surface area contributed by atoms with Crippen molar-refractivity contribution in [1.82, 2.24) is 4.31 Å². The van der Waals surface area contributed by atoms with Gasteiger partial charge in [-0.1, -0.05) is 39.5 Å². The van der Waals surface area contributed by atoms with Crippen molar-refractivity contribution in [3.63, 3.8) is 0 Å². The van der Waals surface area contributed by atoms with Crippen molar-refractivity contribution in [2.75, 3.05) is 19.3 Å². The van der Waals surface area contributed by atoms with Crippen molar-refractivity contribution in [3.8, 4) is 0 Å². The maximum absolute atomic E-state index is 11.7. The molecule has 0 aromatic carbocycles. The van der Waals surface area contributed by atoms with Crippen LogP contribution >= 0.6 is 0 Å². The van der Waals surface area contributed by atoms with Gasteiger partial charge in [0.15, 0.2) is 0 Å². The van der Waals surface area contributed by atoms with E-state index in [9.17, 15) is 8.42 Å². The number of sulfonamides is 1. The van der Waals surface area contributed by atoms with Crippen molar-refractivity contribution in [3.05, 3.63) is 0 Å². The zero-order valence-corrected chi connectivity index (χ0v) is 12.4. The molecule has 4 heteroatoms. The molecule has 0 saturated carbocycles. The van der Waals surface area contributed by atoms with Crippen molar-refractivity contribution < 1.29 is 8.42 Å². The van der Waals surface area contributed by atoms with Crippen LogP contribution < -0.4 is 0 Å². The second kappa shape index (κ2) is 6.19. The van der Waals surface area contributed by atoms with Gasteiger partial charge in [-0.05, 0) is 24.7 Å². The van der Waals surface area contributed by atoms with E-state index in [-0.39, 0.29) is 5.41 Å². The monoisotopic (exact) mass is 261 g/mol. The van der Waals surface area contributed by atoms with Crippen LogP contribution in [0.3, 0.4) is 0 Å². The van der Waals surface area contributed by atoms with Crippen LogP contribution in [0, 0.1) is 5.41 Å². The van der Waals surface area contributed by atoms with Gasteiger partial charge in [0.05, 0.1) is 6.26 Å². The van der Waals surface area contributed by atoms with Crippen LogP contribution in [0.1, 0.15) is 58.8 Å². The Kier molecular flexibility index (Phi) is 5.45. The summed E-state index contributed by atoms with van der Waals surface area (Å²) in [5, 5.41) is 0. The molecule has 17 heavy (non-hydrogen) atoms. The van der Waals surface area contributed by atoms with Crippen LogP contribution in [0.2, 0.25) is 0 Å². The molecule has 0 amide bonds. The summed E-state index contributed by atoms with van der Waals surface area (Å²) < 4.78 is 25.0. The Morgan fingerprint density at radius 3 is 2.12 bits per heavy atom. The molecule has 3 nitrogen and oxygen atoms in total. The Labute approximate surface area is 107 Å². The number of rotatable bonds is 1. The van der Waals surface area contributed by atoms with E-state index in [1.54, 1.807) is 4.31 Å². The van der Waals surface area contributed by atoms with E-state index in [2.05, 4.69) is 13.8 Å². The Bertz CT molecular complexity index is 322. The highest BCUT2D eigenvalue weighted by molar-refractivity contribution is 7.88. The fraction of sp³-hybridized carbons (Fsp3) is 1.00. The van der Waals surface area contributed by atoms with Gasteiger partial charge in [0, 0.05) is 13.1 Å². The molecule has 0 atom stereocenters. The van der Waals surface area contributed by atoms with Gasteiger partial charge in [-0.3, -0.25) is 0 Å². The quantitative estimate of drug-likeness (QED) is 0.727. The molecule has 0 unspecified atom stereocenters. The lowest BCUT2D eigenvalue weighted by molar-refractivity contribution is 0.265. The highest BCUT2D eigenvalue weighted by Crippen LogP contribution is 2.29. The molecule has 0 aromatic rings. The lowest BCUT2D eigenvalue weighted by atomic mass is 9.84. The molecule has 0 bridgehead atoms. The standard InChI is InChI=1S/C13H27NO2S/c1-13(2)9-7-5-4-6-8-11-14(12-10-13)17(3,15)16/h4-12H2,1-3H3. The van der Waals surface area contributed by atoms with Crippen molar-refractivity contribution in [2.24, 2.45) is 5.41 Å². The lowest BCUT2D eigenvalue weighted by Crippen LogP contribution is -2.34. The lowest BCUT2D eigenvalue weighted by Gasteiger charge is -2.27. The first kappa shape index (κ1) is 15.0. The summed E-state index contributed by atoms with van der Waals surface area (Å²) >= 11 is 0. The largest absolute Gasteiger partial charge is 0.213 e. The Morgan fingerprint density at radius 1 is 0.882 bits per heavy atom. The summed E-state index contributed by atoms with van der Waals surface area (Å²) in [5.41, 5.74) is 0.271. The van der Waals surface area contributed by atoms with Crippen LogP contribution in [-0.4, -0.2) is 32.1 Å². The van der Waals surface area contributed by atoms with E-state index < -0.39 is 10.0 Å². The van der Waals surface area contributed by atoms with Gasteiger partial charge in [0.2, 0.25) is 10.0 Å². The number of hydrogen-bond donors (Lipinski definition) is 0. The molecule has 1 fully saturated rings. The zero-order chi connectivity index (χ0) is 12.9. The van der Waals surface area contributed by atoms with Gasteiger partial charge in [-0.15, -0.1) is 0 Å². The van der Waals surface area contributed by atoms with E-state index in [0.29, 0.717) is 13.1 Å². The topological polar surface area (TPSA) is 37.4 Å². The van der Waals surface area contributed by atoms with Crippen LogP contribution in [0.4, 0.5) is 0 Å². The predicted molar refractivity (Wildman–Crippen MR) is 72.5 cm³/mol. The molecule has 102 valence electrons. The van der Waals surface area contributed by atoms with E-state index in [1.165, 1.54) is 31.9 Å². The first-order valence-electron chi connectivity index (χ1n) is 6.76. The van der Waals surface area contributed by atoms with Crippen molar-refractivity contribution in [2.45, 2.75) is 58.8 Å². The third kappa shape index (κ3) is 5.87. The third-order valence-electron chi connectivity index (χ3n) is 3.77. The van der Waals surface area contributed by atoms with E-state index in [4.69, 9.17) is 0 Å². The molecule has 1 saturated heterocycles. The minimum atomic E-state index is -3.02. The highest BCUT2D eigenvalue weighted by Gasteiger charge is 2.23. The van der Waals surface area contributed by atoms with E-state index in [0.717, 1.165) is 19.3 Å². The Morgan fingerprint density at radius 2 is 1.47 bits per heavy atom. The average Bonchev–Trinajstić information content (AvgIpc) is 2.21. The minimum Gasteiger partial charge on any atom is -0.213 e. The SMILES string of the molecule is CC1(C)CCCCCCCN(S(C)(=O)=O)CC1. The van der Waals surface area contributed by atoms with Crippen molar-refractivity contribution in [1.29, 1.82) is 0 Å². The average molecular weight is 261 g/mol. The molecule has 1 heterocycles. The van der Waals surface area contributed by atoms with Crippen LogP contribution in [0.15, 0.2) is 0 Å². The fourth-order valence-corrected chi connectivity index (χ4v) is 3.30. The van der Waals surface area contributed by atoms with Gasteiger partial charge < -0.3 is 0 Å². The molecule has 0 radical (unpaired) electrons. The molecule has 1 aliphatic heterocycles. The molecule has 0 N–H and O–H groups in total. The smallest absolute Gasteiger partial charge is 0.211 e. The molecule has 0 aliphatic carbocycles. The maximum atomic E-state index is 11.7. The number of nitrogens with zero attached hydrogens (tertiary/aromatic N) is 1. The second-order valence-corrected chi connectivity index (χ2v) is 8.08. The molecule has 0 spiro atoms. The Hall–Kier alpha value is -0.0900. The predicted octanol–water partition coefficient (Wildman–Crippen LogP) is 3.02.